The third-order valence-electron chi connectivity index (χ3n) is 1.72. The van der Waals surface area contributed by atoms with Gasteiger partial charge < -0.3 is 10.2 Å². The number of hydrogen-bond donors (Lipinski definition) is 2. The molecule has 0 amide bonds. The summed E-state index contributed by atoms with van der Waals surface area (Å²) in [7, 11) is 0. The highest BCUT2D eigenvalue weighted by Crippen LogP contribution is 2.22. The van der Waals surface area contributed by atoms with Crippen LogP contribution in [0.1, 0.15) is 6.42 Å². The summed E-state index contributed by atoms with van der Waals surface area (Å²) in [6, 6.07) is 0. The summed E-state index contributed by atoms with van der Waals surface area (Å²) in [5.74, 6) is -1.12. The van der Waals surface area contributed by atoms with Crippen molar-refractivity contribution < 1.29 is 15.0 Å². The highest BCUT2D eigenvalue weighted by atomic mass is 16.4. The highest BCUT2D eigenvalue weighted by molar-refractivity contribution is 5.72. The molecule has 1 rings (SSSR count). The smallest absolute Gasteiger partial charge is 0.310 e. The Bertz CT molecular complexity index is 162. The predicted molar refractivity (Wildman–Crippen MR) is 35.5 cm³/mol. The van der Waals surface area contributed by atoms with E-state index in [0.29, 0.717) is 6.42 Å². The Morgan fingerprint density at radius 3 is 2.60 bits per heavy atom. The van der Waals surface area contributed by atoms with Crippen LogP contribution in [0.3, 0.4) is 0 Å². The van der Waals surface area contributed by atoms with E-state index in [4.69, 9.17) is 10.2 Å². The Morgan fingerprint density at radius 2 is 2.30 bits per heavy atom. The molecular weight excluding hydrogens is 132 g/mol. The zero-order chi connectivity index (χ0) is 7.56. The number of hydrogen-bond acceptors (Lipinski definition) is 2. The van der Waals surface area contributed by atoms with Gasteiger partial charge in [-0.3, -0.25) is 4.79 Å². The summed E-state index contributed by atoms with van der Waals surface area (Å²) in [6.07, 6.45) is 3.95. The molecule has 2 atom stereocenters. The highest BCUT2D eigenvalue weighted by Gasteiger charge is 2.23. The van der Waals surface area contributed by atoms with Crippen molar-refractivity contribution in [3.8, 4) is 0 Å². The predicted octanol–water partition coefficient (Wildman–Crippen LogP) is 0.256. The normalized spacial score (nSPS) is 30.9. The standard InChI is InChI=1S/C7H10O3/c8-4-5-1-2-6(3-5)7(9)10/h1-2,5-6,8H,3-4H2,(H,9,10). The third kappa shape index (κ3) is 1.36. The van der Waals surface area contributed by atoms with E-state index < -0.39 is 5.97 Å². The van der Waals surface area contributed by atoms with Crippen LogP contribution in [0.5, 0.6) is 0 Å². The van der Waals surface area contributed by atoms with Crippen LogP contribution in [0.15, 0.2) is 12.2 Å². The first-order valence-electron chi connectivity index (χ1n) is 3.26. The maximum Gasteiger partial charge on any atom is 0.310 e. The van der Waals surface area contributed by atoms with Crippen molar-refractivity contribution in [1.82, 2.24) is 0 Å². The minimum atomic E-state index is -0.799. The fourth-order valence-electron chi connectivity index (χ4n) is 1.09. The molecule has 0 saturated heterocycles. The first-order chi connectivity index (χ1) is 4.74. The van der Waals surface area contributed by atoms with E-state index in [1.807, 2.05) is 0 Å². The van der Waals surface area contributed by atoms with Gasteiger partial charge in [0.1, 0.15) is 0 Å². The second-order valence-electron chi connectivity index (χ2n) is 2.51. The number of aliphatic carboxylic acids is 1. The van der Waals surface area contributed by atoms with E-state index in [1.54, 1.807) is 12.2 Å². The van der Waals surface area contributed by atoms with Crippen molar-refractivity contribution in [2.45, 2.75) is 6.42 Å². The minimum Gasteiger partial charge on any atom is -0.481 e. The van der Waals surface area contributed by atoms with Gasteiger partial charge in [0, 0.05) is 12.5 Å². The molecule has 0 aliphatic heterocycles. The lowest BCUT2D eigenvalue weighted by atomic mass is 10.0. The Kier molecular flexibility index (Phi) is 2.06. The van der Waals surface area contributed by atoms with Gasteiger partial charge in [-0.15, -0.1) is 0 Å². The average Bonchev–Trinajstić information content (AvgIpc) is 2.34. The summed E-state index contributed by atoms with van der Waals surface area (Å²) in [4.78, 5) is 10.3. The lowest BCUT2D eigenvalue weighted by Gasteiger charge is -2.03. The van der Waals surface area contributed by atoms with E-state index >= 15 is 0 Å². The Balaban J connectivity index is 2.45. The fraction of sp³-hybridized carbons (Fsp3) is 0.571. The lowest BCUT2D eigenvalue weighted by Crippen LogP contribution is -2.11. The van der Waals surface area contributed by atoms with Gasteiger partial charge >= 0.3 is 5.97 Å². The first kappa shape index (κ1) is 7.28. The fourth-order valence-corrected chi connectivity index (χ4v) is 1.09. The number of carbonyl (C=O) groups is 1. The van der Waals surface area contributed by atoms with Gasteiger partial charge in [-0.25, -0.2) is 0 Å². The summed E-state index contributed by atoms with van der Waals surface area (Å²) < 4.78 is 0. The molecule has 0 heterocycles. The van der Waals surface area contributed by atoms with Crippen molar-refractivity contribution in [2.75, 3.05) is 6.61 Å². The number of carboxylic acid groups (broad SMARTS) is 1. The summed E-state index contributed by atoms with van der Waals surface area (Å²) in [6.45, 7) is 0.0558. The molecule has 10 heavy (non-hydrogen) atoms. The van der Waals surface area contributed by atoms with Crippen molar-refractivity contribution in [3.05, 3.63) is 12.2 Å². The van der Waals surface area contributed by atoms with Crippen LogP contribution < -0.4 is 0 Å². The Morgan fingerprint density at radius 1 is 1.60 bits per heavy atom. The van der Waals surface area contributed by atoms with E-state index in [9.17, 15) is 4.79 Å². The van der Waals surface area contributed by atoms with Gasteiger partial charge in [-0.05, 0) is 6.42 Å². The number of aliphatic hydroxyl groups excluding tert-OH is 1. The van der Waals surface area contributed by atoms with Crippen LogP contribution in [-0.4, -0.2) is 22.8 Å². The monoisotopic (exact) mass is 142 g/mol. The van der Waals surface area contributed by atoms with Crippen LogP contribution in [0.2, 0.25) is 0 Å². The molecule has 3 heteroatoms. The van der Waals surface area contributed by atoms with Crippen molar-refractivity contribution in [3.63, 3.8) is 0 Å². The largest absolute Gasteiger partial charge is 0.481 e. The molecule has 0 radical (unpaired) electrons. The zero-order valence-corrected chi connectivity index (χ0v) is 5.53. The molecule has 2 unspecified atom stereocenters. The second-order valence-corrected chi connectivity index (χ2v) is 2.51. The van der Waals surface area contributed by atoms with Gasteiger partial charge in [0.05, 0.1) is 5.92 Å². The molecule has 2 N–H and O–H groups in total. The number of rotatable bonds is 2. The molecule has 1 aliphatic carbocycles. The molecule has 0 bridgehead atoms. The average molecular weight is 142 g/mol. The van der Waals surface area contributed by atoms with Crippen LogP contribution in [0, 0.1) is 11.8 Å². The van der Waals surface area contributed by atoms with Crippen LogP contribution in [0.4, 0.5) is 0 Å². The van der Waals surface area contributed by atoms with Crippen molar-refractivity contribution in [1.29, 1.82) is 0 Å². The zero-order valence-electron chi connectivity index (χ0n) is 5.53. The van der Waals surface area contributed by atoms with Gasteiger partial charge in [0.2, 0.25) is 0 Å². The van der Waals surface area contributed by atoms with Crippen molar-refractivity contribution in [2.24, 2.45) is 11.8 Å². The second kappa shape index (κ2) is 2.84. The lowest BCUT2D eigenvalue weighted by molar-refractivity contribution is -0.140. The molecule has 0 aromatic carbocycles. The minimum absolute atomic E-state index is 0.0558. The SMILES string of the molecule is O=C(O)C1C=CC(CO)C1. The molecule has 56 valence electrons. The van der Waals surface area contributed by atoms with Gasteiger partial charge in [0.25, 0.3) is 0 Å². The molecule has 0 aromatic heterocycles. The Hall–Kier alpha value is -0.830. The van der Waals surface area contributed by atoms with Gasteiger partial charge in [0.15, 0.2) is 0 Å². The van der Waals surface area contributed by atoms with Crippen molar-refractivity contribution >= 4 is 5.97 Å². The summed E-state index contributed by atoms with van der Waals surface area (Å²) >= 11 is 0. The van der Waals surface area contributed by atoms with E-state index in [-0.39, 0.29) is 18.4 Å². The summed E-state index contributed by atoms with van der Waals surface area (Å²) in [5, 5.41) is 17.1. The van der Waals surface area contributed by atoms with E-state index in [1.165, 1.54) is 0 Å². The van der Waals surface area contributed by atoms with Crippen LogP contribution >= 0.6 is 0 Å². The molecule has 0 saturated carbocycles. The maximum absolute atomic E-state index is 10.3. The molecule has 0 aromatic rings. The molecule has 0 fully saturated rings. The van der Waals surface area contributed by atoms with E-state index in [2.05, 4.69) is 0 Å². The van der Waals surface area contributed by atoms with Gasteiger partial charge in [-0.1, -0.05) is 12.2 Å². The maximum atomic E-state index is 10.3. The van der Waals surface area contributed by atoms with E-state index in [0.717, 1.165) is 0 Å². The molecule has 1 aliphatic rings. The molecule has 0 spiro atoms. The number of aliphatic hydroxyl groups is 1. The summed E-state index contributed by atoms with van der Waals surface area (Å²) in [5.41, 5.74) is 0. The first-order valence-corrected chi connectivity index (χ1v) is 3.26. The van der Waals surface area contributed by atoms with Gasteiger partial charge in [-0.2, -0.15) is 0 Å². The van der Waals surface area contributed by atoms with Crippen LogP contribution in [-0.2, 0) is 4.79 Å². The quantitative estimate of drug-likeness (QED) is 0.543. The molecule has 3 nitrogen and oxygen atoms in total. The topological polar surface area (TPSA) is 57.5 Å². The molecular formula is C7H10O3. The Labute approximate surface area is 59.0 Å². The van der Waals surface area contributed by atoms with Crippen LogP contribution in [0.25, 0.3) is 0 Å². The third-order valence-corrected chi connectivity index (χ3v) is 1.72. The number of carboxylic acids is 1.